The van der Waals surface area contributed by atoms with Gasteiger partial charge in [-0.15, -0.1) is 0 Å². The Hall–Kier alpha value is -6.45. The van der Waals surface area contributed by atoms with Crippen molar-refractivity contribution in [1.29, 1.82) is 0 Å². The summed E-state index contributed by atoms with van der Waals surface area (Å²) in [6.45, 7) is 4.26. The Morgan fingerprint density at radius 1 is 0.340 bits per heavy atom. The number of rotatable bonds is 6. The van der Waals surface area contributed by atoms with Gasteiger partial charge in [-0.1, -0.05) is 126 Å². The smallest absolute Gasteiger partial charge is 0.0709 e. The highest BCUT2D eigenvalue weighted by Crippen LogP contribution is 2.35. The van der Waals surface area contributed by atoms with Gasteiger partial charge in [-0.3, -0.25) is 0 Å². The third-order valence-electron chi connectivity index (χ3n) is 9.75. The lowest BCUT2D eigenvalue weighted by atomic mass is 10.1. The molecule has 238 valence electrons. The van der Waals surface area contributed by atoms with Crippen molar-refractivity contribution in [1.82, 2.24) is 14.1 Å². The highest BCUT2D eigenvalue weighted by Gasteiger charge is 2.15. The van der Waals surface area contributed by atoms with Gasteiger partial charge in [-0.25, -0.2) is 4.98 Å². The van der Waals surface area contributed by atoms with Crippen molar-refractivity contribution in [3.63, 3.8) is 0 Å². The molecule has 0 fully saturated rings. The van der Waals surface area contributed by atoms with Gasteiger partial charge >= 0.3 is 0 Å². The predicted octanol–water partition coefficient (Wildman–Crippen LogP) is 12.3. The lowest BCUT2D eigenvalue weighted by molar-refractivity contribution is 1.09. The zero-order valence-corrected chi connectivity index (χ0v) is 28.1. The molecule has 50 heavy (non-hydrogen) atoms. The molecule has 0 N–H and O–H groups in total. The molecule has 0 aliphatic rings. The zero-order valence-electron chi connectivity index (χ0n) is 28.1. The maximum atomic E-state index is 5.13. The molecule has 0 atom stereocenters. The number of benzene rings is 6. The monoisotopic (exact) mass is 641 g/mol. The van der Waals surface area contributed by atoms with Gasteiger partial charge in [-0.2, -0.15) is 0 Å². The van der Waals surface area contributed by atoms with E-state index in [2.05, 4.69) is 199 Å². The van der Waals surface area contributed by atoms with Gasteiger partial charge in [0.25, 0.3) is 0 Å². The van der Waals surface area contributed by atoms with Crippen LogP contribution >= 0.6 is 0 Å². The summed E-state index contributed by atoms with van der Waals surface area (Å²) in [5.74, 6) is 0. The first kappa shape index (κ1) is 29.7. The standard InChI is InChI=1S/C47H35N3/c1-32-14-18-36(19-15-32)44-30-31-45(37-20-16-33(2)17-21-37)49(44)38-26-22-34(23-27-38)42-10-7-11-43(48-42)35-24-28-39(29-25-35)50-46-12-5-3-8-40(46)41-9-4-6-13-47(41)50/h3-31H,1-2H3. The van der Waals surface area contributed by atoms with Crippen LogP contribution in [0.15, 0.2) is 176 Å². The first-order valence-corrected chi connectivity index (χ1v) is 17.1. The molecule has 0 aliphatic carbocycles. The van der Waals surface area contributed by atoms with Crippen molar-refractivity contribution in [2.24, 2.45) is 0 Å². The molecule has 0 aliphatic heterocycles. The molecule has 3 nitrogen and oxygen atoms in total. The maximum Gasteiger partial charge on any atom is 0.0709 e. The minimum atomic E-state index is 0.950. The lowest BCUT2D eigenvalue weighted by Gasteiger charge is -2.15. The van der Waals surface area contributed by atoms with Crippen molar-refractivity contribution in [2.75, 3.05) is 0 Å². The topological polar surface area (TPSA) is 22.8 Å². The summed E-state index contributed by atoms with van der Waals surface area (Å²) >= 11 is 0. The van der Waals surface area contributed by atoms with E-state index in [-0.39, 0.29) is 0 Å². The number of hydrogen-bond acceptors (Lipinski definition) is 1. The molecule has 0 unspecified atom stereocenters. The van der Waals surface area contributed by atoms with Crippen LogP contribution in [-0.2, 0) is 0 Å². The van der Waals surface area contributed by atoms with Crippen LogP contribution in [0.3, 0.4) is 0 Å². The Balaban J connectivity index is 1.05. The second-order valence-electron chi connectivity index (χ2n) is 13.0. The quantitative estimate of drug-likeness (QED) is 0.177. The van der Waals surface area contributed by atoms with Crippen LogP contribution in [0.5, 0.6) is 0 Å². The Labute approximate surface area is 292 Å². The van der Waals surface area contributed by atoms with Crippen molar-refractivity contribution in [2.45, 2.75) is 13.8 Å². The van der Waals surface area contributed by atoms with Gasteiger partial charge in [-0.05, 0) is 85.6 Å². The van der Waals surface area contributed by atoms with E-state index in [9.17, 15) is 0 Å². The maximum absolute atomic E-state index is 5.13. The Bertz CT molecular complexity index is 2500. The fourth-order valence-corrected chi connectivity index (χ4v) is 7.13. The molecule has 3 aromatic heterocycles. The Morgan fingerprint density at radius 2 is 0.740 bits per heavy atom. The first-order valence-electron chi connectivity index (χ1n) is 17.1. The highest BCUT2D eigenvalue weighted by molar-refractivity contribution is 6.09. The van der Waals surface area contributed by atoms with Gasteiger partial charge in [0.1, 0.15) is 0 Å². The minimum Gasteiger partial charge on any atom is -0.309 e. The second kappa shape index (κ2) is 12.2. The number of hydrogen-bond donors (Lipinski definition) is 0. The van der Waals surface area contributed by atoms with Crippen molar-refractivity contribution < 1.29 is 0 Å². The van der Waals surface area contributed by atoms with Gasteiger partial charge < -0.3 is 9.13 Å². The molecule has 0 radical (unpaired) electrons. The van der Waals surface area contributed by atoms with Gasteiger partial charge in [0.2, 0.25) is 0 Å². The predicted molar refractivity (Wildman–Crippen MR) is 209 cm³/mol. The fraction of sp³-hybridized carbons (Fsp3) is 0.0426. The molecule has 0 amide bonds. The highest BCUT2D eigenvalue weighted by atomic mass is 15.0. The third kappa shape index (κ3) is 5.21. The summed E-state index contributed by atoms with van der Waals surface area (Å²) < 4.78 is 4.71. The van der Waals surface area contributed by atoms with Crippen molar-refractivity contribution in [3.05, 3.63) is 187 Å². The van der Waals surface area contributed by atoms with Crippen LogP contribution < -0.4 is 0 Å². The first-order chi connectivity index (χ1) is 24.6. The van der Waals surface area contributed by atoms with E-state index in [4.69, 9.17) is 4.98 Å². The molecular formula is C47H35N3. The van der Waals surface area contributed by atoms with Gasteiger partial charge in [0.15, 0.2) is 0 Å². The van der Waals surface area contributed by atoms with E-state index in [1.165, 1.54) is 44.1 Å². The van der Waals surface area contributed by atoms with E-state index in [0.29, 0.717) is 0 Å². The Kier molecular flexibility index (Phi) is 7.25. The number of aromatic nitrogens is 3. The van der Waals surface area contributed by atoms with Gasteiger partial charge in [0, 0.05) is 33.3 Å². The van der Waals surface area contributed by atoms with E-state index in [1.54, 1.807) is 0 Å². The summed E-state index contributed by atoms with van der Waals surface area (Å²) in [5, 5.41) is 2.53. The molecule has 9 rings (SSSR count). The number of fused-ring (bicyclic) bond motifs is 3. The normalized spacial score (nSPS) is 11.4. The molecule has 3 heteroatoms. The molecule has 6 aromatic carbocycles. The largest absolute Gasteiger partial charge is 0.309 e. The summed E-state index contributed by atoms with van der Waals surface area (Å²) in [6.07, 6.45) is 0. The molecule has 0 spiro atoms. The molecule has 9 aromatic rings. The van der Waals surface area contributed by atoms with Crippen LogP contribution in [-0.4, -0.2) is 14.1 Å². The van der Waals surface area contributed by atoms with E-state index < -0.39 is 0 Å². The van der Waals surface area contributed by atoms with Crippen LogP contribution in [0, 0.1) is 13.8 Å². The van der Waals surface area contributed by atoms with E-state index in [1.807, 2.05) is 0 Å². The number of para-hydroxylation sites is 2. The fourth-order valence-electron chi connectivity index (χ4n) is 7.13. The van der Waals surface area contributed by atoms with E-state index in [0.717, 1.165) is 45.3 Å². The Morgan fingerprint density at radius 3 is 1.20 bits per heavy atom. The van der Waals surface area contributed by atoms with E-state index >= 15 is 0 Å². The summed E-state index contributed by atoms with van der Waals surface area (Å²) in [5.41, 5.74) is 16.0. The average molecular weight is 642 g/mol. The van der Waals surface area contributed by atoms with Gasteiger partial charge in [0.05, 0.1) is 33.8 Å². The molecule has 0 bridgehead atoms. The zero-order chi connectivity index (χ0) is 33.6. The molecular weight excluding hydrogens is 607 g/mol. The molecule has 0 saturated heterocycles. The summed E-state index contributed by atoms with van der Waals surface area (Å²) in [7, 11) is 0. The SMILES string of the molecule is Cc1ccc(-c2ccc(-c3ccc(C)cc3)n2-c2ccc(-c3cccc(-c4ccc(-n5c6ccccc6c6ccccc65)cc4)n3)cc2)cc1. The number of nitrogens with zero attached hydrogens (tertiary/aromatic N) is 3. The third-order valence-corrected chi connectivity index (χ3v) is 9.75. The van der Waals surface area contributed by atoms with Crippen LogP contribution in [0.1, 0.15) is 11.1 Å². The average Bonchev–Trinajstić information content (AvgIpc) is 3.76. The van der Waals surface area contributed by atoms with Crippen LogP contribution in [0.25, 0.3) is 78.2 Å². The van der Waals surface area contributed by atoms with Crippen LogP contribution in [0.4, 0.5) is 0 Å². The van der Waals surface area contributed by atoms with Crippen molar-refractivity contribution in [3.8, 4) is 56.4 Å². The second-order valence-corrected chi connectivity index (χ2v) is 13.0. The minimum absolute atomic E-state index is 0.950. The van der Waals surface area contributed by atoms with Crippen LogP contribution in [0.2, 0.25) is 0 Å². The lowest BCUT2D eigenvalue weighted by Crippen LogP contribution is -2.00. The molecule has 0 saturated carbocycles. The molecule has 3 heterocycles. The summed E-state index contributed by atoms with van der Waals surface area (Å²) in [6, 6.07) is 63.1. The van der Waals surface area contributed by atoms with Crippen molar-refractivity contribution >= 4 is 21.8 Å². The number of aryl methyl sites for hydroxylation is 2. The summed E-state index contributed by atoms with van der Waals surface area (Å²) in [4.78, 5) is 5.13. The number of pyridine rings is 1.